The second-order valence-corrected chi connectivity index (χ2v) is 8.70. The summed E-state index contributed by atoms with van der Waals surface area (Å²) in [5.74, 6) is -1.54. The van der Waals surface area contributed by atoms with Crippen LogP contribution in [0.15, 0.2) is 45.6 Å². The predicted molar refractivity (Wildman–Crippen MR) is 117 cm³/mol. The Hall–Kier alpha value is -2.51. The fourth-order valence-corrected chi connectivity index (χ4v) is 4.78. The number of rotatable bonds is 4. The van der Waals surface area contributed by atoms with Crippen LogP contribution < -0.4 is 10.3 Å². The fourth-order valence-electron chi connectivity index (χ4n) is 4.66. The Labute approximate surface area is 188 Å². The van der Waals surface area contributed by atoms with E-state index in [0.717, 1.165) is 32.2 Å². The zero-order valence-corrected chi connectivity index (χ0v) is 18.3. The monoisotopic (exact) mass is 466 g/mol. The number of phenolic OH excluding ortho intramolecular Hbond substituents is 1. The zero-order chi connectivity index (χ0) is 23.0. The number of halogens is 4. The molecule has 1 aromatic heterocycles. The largest absolute Gasteiger partial charge is 0.507 e. The highest BCUT2D eigenvalue weighted by atomic mass is 35.5. The van der Waals surface area contributed by atoms with Crippen molar-refractivity contribution in [1.29, 1.82) is 0 Å². The molecule has 0 aliphatic carbocycles. The van der Waals surface area contributed by atoms with Crippen LogP contribution in [0.25, 0.3) is 22.1 Å². The molecule has 0 amide bonds. The van der Waals surface area contributed by atoms with E-state index in [2.05, 4.69) is 6.92 Å². The van der Waals surface area contributed by atoms with Gasteiger partial charge in [-0.15, -0.1) is 0 Å². The van der Waals surface area contributed by atoms with Crippen molar-refractivity contribution in [2.45, 2.75) is 51.4 Å². The van der Waals surface area contributed by atoms with Gasteiger partial charge in [0.15, 0.2) is 5.58 Å². The minimum Gasteiger partial charge on any atom is -0.507 e. The van der Waals surface area contributed by atoms with Gasteiger partial charge in [0.05, 0.1) is 29.1 Å². The summed E-state index contributed by atoms with van der Waals surface area (Å²) in [5, 5.41) is 10.9. The van der Waals surface area contributed by atoms with E-state index in [1.54, 1.807) is 0 Å². The molecule has 2 heterocycles. The van der Waals surface area contributed by atoms with Crippen LogP contribution >= 0.6 is 11.6 Å². The first-order valence-electron chi connectivity index (χ1n) is 10.7. The highest BCUT2D eigenvalue weighted by molar-refractivity contribution is 6.30. The molecular weight excluding hydrogens is 443 g/mol. The molecule has 0 radical (unpaired) electrons. The molecule has 2 atom stereocenters. The lowest BCUT2D eigenvalue weighted by Gasteiger charge is -2.32. The molecule has 1 saturated heterocycles. The molecule has 1 aliphatic rings. The molecule has 2 aromatic carbocycles. The molecule has 0 bridgehead atoms. The van der Waals surface area contributed by atoms with E-state index in [1.165, 1.54) is 41.3 Å². The van der Waals surface area contributed by atoms with Gasteiger partial charge in [-0.3, -0.25) is 4.79 Å². The Morgan fingerprint density at radius 2 is 1.88 bits per heavy atom. The van der Waals surface area contributed by atoms with Gasteiger partial charge in [0.2, 0.25) is 11.2 Å². The number of alkyl halides is 3. The fraction of sp³-hybridized carbons (Fsp3) is 0.375. The maximum absolute atomic E-state index is 14.0. The highest BCUT2D eigenvalue weighted by Gasteiger charge is 2.40. The number of hydrogen-bond acceptors (Lipinski definition) is 3. The summed E-state index contributed by atoms with van der Waals surface area (Å²) in [6, 6.07) is 8.60. The molecule has 3 aromatic rings. The van der Waals surface area contributed by atoms with Gasteiger partial charge in [0, 0.05) is 5.02 Å². The lowest BCUT2D eigenvalue weighted by Crippen LogP contribution is -3.15. The third-order valence-electron chi connectivity index (χ3n) is 6.30. The molecule has 1 unspecified atom stereocenters. The van der Waals surface area contributed by atoms with E-state index in [4.69, 9.17) is 16.0 Å². The van der Waals surface area contributed by atoms with Crippen molar-refractivity contribution in [2.24, 2.45) is 0 Å². The van der Waals surface area contributed by atoms with E-state index in [-0.39, 0.29) is 27.8 Å². The third kappa shape index (κ3) is 4.24. The molecule has 1 aliphatic heterocycles. The van der Waals surface area contributed by atoms with E-state index in [9.17, 15) is 23.1 Å². The number of phenols is 1. The minimum atomic E-state index is -4.89. The molecule has 170 valence electrons. The molecule has 2 N–H and O–H groups in total. The third-order valence-corrected chi connectivity index (χ3v) is 6.56. The van der Waals surface area contributed by atoms with Crippen LogP contribution in [0.5, 0.6) is 5.75 Å². The van der Waals surface area contributed by atoms with Gasteiger partial charge in [0.1, 0.15) is 12.3 Å². The molecule has 0 spiro atoms. The van der Waals surface area contributed by atoms with Crippen molar-refractivity contribution in [3.8, 4) is 16.9 Å². The van der Waals surface area contributed by atoms with Crippen LogP contribution in [0.3, 0.4) is 0 Å². The number of hydrogen-bond donors (Lipinski definition) is 2. The first kappa shape index (κ1) is 22.7. The smallest absolute Gasteiger partial charge is 0.450 e. The predicted octanol–water partition coefficient (Wildman–Crippen LogP) is 5.19. The van der Waals surface area contributed by atoms with Crippen LogP contribution in [0, 0.1) is 0 Å². The van der Waals surface area contributed by atoms with Crippen LogP contribution in [-0.2, 0) is 12.7 Å². The van der Waals surface area contributed by atoms with Crippen molar-refractivity contribution in [3.63, 3.8) is 0 Å². The number of nitrogens with one attached hydrogen (secondary N) is 1. The molecule has 32 heavy (non-hydrogen) atoms. The van der Waals surface area contributed by atoms with E-state index in [1.807, 2.05) is 0 Å². The lowest BCUT2D eigenvalue weighted by atomic mass is 9.97. The van der Waals surface area contributed by atoms with Crippen molar-refractivity contribution in [3.05, 3.63) is 63.0 Å². The van der Waals surface area contributed by atoms with Crippen molar-refractivity contribution in [1.82, 2.24) is 0 Å². The summed E-state index contributed by atoms with van der Waals surface area (Å²) in [6.45, 7) is 3.23. The van der Waals surface area contributed by atoms with Gasteiger partial charge >= 0.3 is 6.18 Å². The quantitative estimate of drug-likeness (QED) is 0.556. The van der Waals surface area contributed by atoms with Gasteiger partial charge in [0.25, 0.3) is 0 Å². The van der Waals surface area contributed by atoms with E-state index >= 15 is 0 Å². The lowest BCUT2D eigenvalue weighted by molar-refractivity contribution is -0.944. The van der Waals surface area contributed by atoms with Crippen molar-refractivity contribution in [2.75, 3.05) is 6.54 Å². The van der Waals surface area contributed by atoms with Gasteiger partial charge in [-0.05, 0) is 55.5 Å². The molecule has 1 fully saturated rings. The van der Waals surface area contributed by atoms with Crippen LogP contribution in [0.2, 0.25) is 5.02 Å². The first-order valence-corrected chi connectivity index (χ1v) is 11.1. The van der Waals surface area contributed by atoms with Crippen LogP contribution in [-0.4, -0.2) is 17.7 Å². The molecular formula is C24H24ClF3NO3+. The first-order chi connectivity index (χ1) is 15.2. The summed E-state index contributed by atoms with van der Waals surface area (Å²) in [5.41, 5.74) is -1.24. The molecule has 4 rings (SSSR count). The Morgan fingerprint density at radius 1 is 1.16 bits per heavy atom. The van der Waals surface area contributed by atoms with Crippen LogP contribution in [0.4, 0.5) is 13.2 Å². The second kappa shape index (κ2) is 8.79. The summed E-state index contributed by atoms with van der Waals surface area (Å²) < 4.78 is 47.4. The van der Waals surface area contributed by atoms with E-state index < -0.39 is 22.9 Å². The minimum absolute atomic E-state index is 0.0141. The Morgan fingerprint density at radius 3 is 2.53 bits per heavy atom. The molecule has 8 heteroatoms. The standard InChI is InChI=1S/C24H23ClF3NO3/c1-2-16-5-3-4-12-29(16)13-18-19(30)11-10-17-21(31)20(14-6-8-15(25)9-7-14)23(24(26,27)28)32-22(17)18/h6-11,16,30H,2-5,12-13H2,1H3/p+1/t16-/m1/s1. The SMILES string of the molecule is CC[C@@H]1CCCC[NH+]1Cc1c(O)ccc2c(=O)c(-c3ccc(Cl)cc3)c(C(F)(F)F)oc12. The number of fused-ring (bicyclic) bond motifs is 1. The number of likely N-dealkylation sites (tertiary alicyclic amines) is 1. The average Bonchev–Trinajstić information content (AvgIpc) is 2.76. The maximum Gasteiger partial charge on any atom is 0.450 e. The number of aromatic hydroxyl groups is 1. The average molecular weight is 467 g/mol. The van der Waals surface area contributed by atoms with Crippen molar-refractivity contribution >= 4 is 22.6 Å². The van der Waals surface area contributed by atoms with Crippen LogP contribution in [0.1, 0.15) is 43.9 Å². The Balaban J connectivity index is 1.94. The number of quaternary nitrogens is 1. The van der Waals surface area contributed by atoms with Gasteiger partial charge < -0.3 is 14.4 Å². The normalized spacial score (nSPS) is 19.4. The molecule has 4 nitrogen and oxygen atoms in total. The molecule has 0 saturated carbocycles. The Kier molecular flexibility index (Phi) is 6.23. The number of benzene rings is 2. The van der Waals surface area contributed by atoms with Gasteiger partial charge in [-0.1, -0.05) is 30.7 Å². The number of piperidine rings is 1. The highest BCUT2D eigenvalue weighted by Crippen LogP contribution is 2.39. The zero-order valence-electron chi connectivity index (χ0n) is 17.6. The van der Waals surface area contributed by atoms with Gasteiger partial charge in [-0.2, -0.15) is 13.2 Å². The summed E-state index contributed by atoms with van der Waals surface area (Å²) in [4.78, 5) is 14.5. The van der Waals surface area contributed by atoms with E-state index in [0.29, 0.717) is 17.6 Å². The maximum atomic E-state index is 14.0. The Bertz CT molecular complexity index is 1190. The van der Waals surface area contributed by atoms with Gasteiger partial charge in [-0.25, -0.2) is 0 Å². The van der Waals surface area contributed by atoms with Crippen molar-refractivity contribution < 1.29 is 27.6 Å². The summed E-state index contributed by atoms with van der Waals surface area (Å²) in [7, 11) is 0. The second-order valence-electron chi connectivity index (χ2n) is 8.27. The summed E-state index contributed by atoms with van der Waals surface area (Å²) in [6.07, 6.45) is -0.818. The summed E-state index contributed by atoms with van der Waals surface area (Å²) >= 11 is 5.86. The topological polar surface area (TPSA) is 54.9 Å².